The lowest BCUT2D eigenvalue weighted by Gasteiger charge is -2.26. The number of hydrogen-bond acceptors (Lipinski definition) is 5. The van der Waals surface area contributed by atoms with E-state index in [0.29, 0.717) is 29.8 Å². The first-order valence-electron chi connectivity index (χ1n) is 9.89. The van der Waals surface area contributed by atoms with E-state index in [1.807, 2.05) is 32.0 Å². The van der Waals surface area contributed by atoms with Crippen LogP contribution in [-0.4, -0.2) is 49.9 Å². The summed E-state index contributed by atoms with van der Waals surface area (Å²) in [7, 11) is -3.75. The monoisotopic (exact) mass is 441 g/mol. The van der Waals surface area contributed by atoms with Gasteiger partial charge in [-0.1, -0.05) is 6.07 Å². The van der Waals surface area contributed by atoms with E-state index in [1.165, 1.54) is 28.6 Å². The van der Waals surface area contributed by atoms with Gasteiger partial charge in [0.15, 0.2) is 0 Å². The van der Waals surface area contributed by atoms with Crippen LogP contribution in [0.3, 0.4) is 0 Å². The molecule has 0 saturated carbocycles. The standard InChI is InChI=1S/C22H23N3O5S/c1-14-9-15(2)11-16(10-14)23-22(27)19-13-21(26)24-20-4-3-17(12-18(19)20)31(28,29)25-5-7-30-8-6-25/h3-4,9-13H,5-8H2,1-2H3,(H,23,27)(H,24,26). The van der Waals surface area contributed by atoms with Gasteiger partial charge in [-0.3, -0.25) is 9.59 Å². The lowest BCUT2D eigenvalue weighted by Crippen LogP contribution is -2.40. The molecule has 1 aliphatic rings. The van der Waals surface area contributed by atoms with Gasteiger partial charge >= 0.3 is 0 Å². The van der Waals surface area contributed by atoms with Gasteiger partial charge in [0.1, 0.15) is 0 Å². The molecule has 1 aromatic heterocycles. The zero-order valence-corrected chi connectivity index (χ0v) is 18.1. The molecule has 0 atom stereocenters. The summed E-state index contributed by atoms with van der Waals surface area (Å²) < 4.78 is 32.7. The van der Waals surface area contributed by atoms with Crippen LogP contribution < -0.4 is 10.9 Å². The minimum Gasteiger partial charge on any atom is -0.379 e. The largest absolute Gasteiger partial charge is 0.379 e. The maximum absolute atomic E-state index is 13.0. The van der Waals surface area contributed by atoms with Gasteiger partial charge in [0, 0.05) is 35.7 Å². The summed E-state index contributed by atoms with van der Waals surface area (Å²) in [5.74, 6) is -0.484. The van der Waals surface area contributed by atoms with Gasteiger partial charge in [-0.2, -0.15) is 4.31 Å². The number of morpholine rings is 1. The highest BCUT2D eigenvalue weighted by Gasteiger charge is 2.27. The van der Waals surface area contributed by atoms with Crippen LogP contribution in [0.25, 0.3) is 10.9 Å². The number of rotatable bonds is 4. The van der Waals surface area contributed by atoms with Crippen LogP contribution in [0, 0.1) is 13.8 Å². The summed E-state index contributed by atoms with van der Waals surface area (Å²) in [6, 6.07) is 11.2. The van der Waals surface area contributed by atoms with Crippen molar-refractivity contribution >= 4 is 32.5 Å². The van der Waals surface area contributed by atoms with Crippen molar-refractivity contribution in [1.82, 2.24) is 9.29 Å². The predicted octanol–water partition coefficient (Wildman–Crippen LogP) is 2.42. The van der Waals surface area contributed by atoms with Crippen LogP contribution in [0.1, 0.15) is 21.5 Å². The number of nitrogens with one attached hydrogen (secondary N) is 2. The fourth-order valence-corrected chi connectivity index (χ4v) is 5.20. The van der Waals surface area contributed by atoms with Gasteiger partial charge in [-0.05, 0) is 55.3 Å². The summed E-state index contributed by atoms with van der Waals surface area (Å²) in [5.41, 5.74) is 2.64. The number of ether oxygens (including phenoxy) is 1. The van der Waals surface area contributed by atoms with Crippen molar-refractivity contribution in [2.24, 2.45) is 0 Å². The Morgan fingerprint density at radius 1 is 1.03 bits per heavy atom. The Labute approximate surface area is 179 Å². The van der Waals surface area contributed by atoms with Gasteiger partial charge in [0.2, 0.25) is 15.6 Å². The molecule has 0 radical (unpaired) electrons. The molecule has 162 valence electrons. The number of carbonyl (C=O) groups excluding carboxylic acids is 1. The SMILES string of the molecule is Cc1cc(C)cc(NC(=O)c2cc(=O)[nH]c3ccc(S(=O)(=O)N4CCOCC4)cc23)c1. The molecule has 0 aliphatic carbocycles. The molecule has 2 aromatic carbocycles. The molecular formula is C22H23N3O5S. The Kier molecular flexibility index (Phi) is 5.65. The van der Waals surface area contributed by atoms with Crippen LogP contribution >= 0.6 is 0 Å². The van der Waals surface area contributed by atoms with Crippen LogP contribution in [0.5, 0.6) is 0 Å². The molecule has 31 heavy (non-hydrogen) atoms. The molecule has 4 rings (SSSR count). The van der Waals surface area contributed by atoms with Crippen molar-refractivity contribution in [3.8, 4) is 0 Å². The molecule has 0 unspecified atom stereocenters. The minimum absolute atomic E-state index is 0.0643. The fourth-order valence-electron chi connectivity index (χ4n) is 3.76. The molecule has 2 heterocycles. The third kappa shape index (κ3) is 4.39. The van der Waals surface area contributed by atoms with E-state index in [2.05, 4.69) is 10.3 Å². The number of sulfonamides is 1. The highest BCUT2D eigenvalue weighted by Crippen LogP contribution is 2.24. The van der Waals surface area contributed by atoms with Crippen LogP contribution in [0.2, 0.25) is 0 Å². The Balaban J connectivity index is 1.76. The molecule has 0 bridgehead atoms. The van der Waals surface area contributed by atoms with Crippen molar-refractivity contribution in [1.29, 1.82) is 0 Å². The molecule has 1 aliphatic heterocycles. The molecule has 1 fully saturated rings. The maximum atomic E-state index is 13.0. The molecule has 1 saturated heterocycles. The Morgan fingerprint density at radius 2 is 1.71 bits per heavy atom. The zero-order chi connectivity index (χ0) is 22.2. The summed E-state index contributed by atoms with van der Waals surface area (Å²) in [5, 5.41) is 3.17. The van der Waals surface area contributed by atoms with E-state index in [0.717, 1.165) is 11.1 Å². The minimum atomic E-state index is -3.75. The quantitative estimate of drug-likeness (QED) is 0.646. The normalized spacial score (nSPS) is 15.2. The second kappa shape index (κ2) is 8.26. The molecule has 3 aromatic rings. The number of anilines is 1. The van der Waals surface area contributed by atoms with E-state index < -0.39 is 21.5 Å². The first-order valence-corrected chi connectivity index (χ1v) is 11.3. The number of aromatic amines is 1. The number of H-pyrrole nitrogens is 1. The van der Waals surface area contributed by atoms with Gasteiger partial charge in [0.25, 0.3) is 5.91 Å². The molecule has 9 heteroatoms. The van der Waals surface area contributed by atoms with E-state index in [4.69, 9.17) is 4.74 Å². The average molecular weight is 442 g/mol. The number of hydrogen-bond donors (Lipinski definition) is 2. The molecule has 8 nitrogen and oxygen atoms in total. The number of aromatic nitrogens is 1. The summed E-state index contributed by atoms with van der Waals surface area (Å²) in [4.78, 5) is 27.9. The first kappa shape index (κ1) is 21.2. The lowest BCUT2D eigenvalue weighted by molar-refractivity contribution is 0.0730. The number of amides is 1. The summed E-state index contributed by atoms with van der Waals surface area (Å²) in [6.45, 7) is 5.06. The van der Waals surface area contributed by atoms with Gasteiger partial charge < -0.3 is 15.0 Å². The van der Waals surface area contributed by atoms with E-state index >= 15 is 0 Å². The number of nitrogens with zero attached hydrogens (tertiary/aromatic N) is 1. The highest BCUT2D eigenvalue weighted by atomic mass is 32.2. The van der Waals surface area contributed by atoms with E-state index in [9.17, 15) is 18.0 Å². The molecule has 2 N–H and O–H groups in total. The zero-order valence-electron chi connectivity index (χ0n) is 17.3. The summed E-state index contributed by atoms with van der Waals surface area (Å²) >= 11 is 0. The number of fused-ring (bicyclic) bond motifs is 1. The number of carbonyl (C=O) groups is 1. The van der Waals surface area contributed by atoms with Crippen molar-refractivity contribution in [2.45, 2.75) is 18.7 Å². The van der Waals surface area contributed by atoms with Crippen molar-refractivity contribution < 1.29 is 17.9 Å². The third-order valence-electron chi connectivity index (χ3n) is 5.15. The fraction of sp³-hybridized carbons (Fsp3) is 0.273. The smallest absolute Gasteiger partial charge is 0.256 e. The Bertz CT molecular complexity index is 1300. The first-order chi connectivity index (χ1) is 14.7. The van der Waals surface area contributed by atoms with Crippen molar-refractivity contribution in [3.05, 3.63) is 69.5 Å². The lowest BCUT2D eigenvalue weighted by atomic mass is 10.1. The number of aryl methyl sites for hydroxylation is 2. The predicted molar refractivity (Wildman–Crippen MR) is 118 cm³/mol. The van der Waals surface area contributed by atoms with Crippen molar-refractivity contribution in [3.63, 3.8) is 0 Å². The molecular weight excluding hydrogens is 418 g/mol. The Morgan fingerprint density at radius 3 is 2.39 bits per heavy atom. The average Bonchev–Trinajstić information content (AvgIpc) is 2.72. The second-order valence-corrected chi connectivity index (χ2v) is 9.54. The van der Waals surface area contributed by atoms with Crippen LogP contribution in [0.4, 0.5) is 5.69 Å². The van der Waals surface area contributed by atoms with Gasteiger partial charge in [0.05, 0.1) is 23.7 Å². The van der Waals surface area contributed by atoms with E-state index in [1.54, 1.807) is 0 Å². The second-order valence-electron chi connectivity index (χ2n) is 7.60. The summed E-state index contributed by atoms with van der Waals surface area (Å²) in [6.07, 6.45) is 0. The van der Waals surface area contributed by atoms with Crippen LogP contribution in [0.15, 0.2) is 52.2 Å². The van der Waals surface area contributed by atoms with Gasteiger partial charge in [-0.25, -0.2) is 8.42 Å². The third-order valence-corrected chi connectivity index (χ3v) is 7.04. The maximum Gasteiger partial charge on any atom is 0.256 e. The topological polar surface area (TPSA) is 109 Å². The molecule has 1 amide bonds. The Hall–Kier alpha value is -3.01. The van der Waals surface area contributed by atoms with Crippen molar-refractivity contribution in [2.75, 3.05) is 31.6 Å². The van der Waals surface area contributed by atoms with E-state index in [-0.39, 0.29) is 23.5 Å². The molecule has 0 spiro atoms. The number of pyridine rings is 1. The van der Waals surface area contributed by atoms with Gasteiger partial charge in [-0.15, -0.1) is 0 Å². The highest BCUT2D eigenvalue weighted by molar-refractivity contribution is 7.89. The van der Waals surface area contributed by atoms with Crippen LogP contribution in [-0.2, 0) is 14.8 Å². The number of benzene rings is 2.